The molecule has 1 aromatic carbocycles. The van der Waals surface area contributed by atoms with Gasteiger partial charge in [0, 0.05) is 19.5 Å². The molecule has 20 heavy (non-hydrogen) atoms. The normalized spacial score (nSPS) is 18.3. The molecular weight excluding hydrogens is 252 g/mol. The Balaban J connectivity index is 1.71. The Labute approximate surface area is 120 Å². The average Bonchev–Trinajstić information content (AvgIpc) is 2.97. The van der Waals surface area contributed by atoms with Gasteiger partial charge >= 0.3 is 0 Å². The highest BCUT2D eigenvalue weighted by molar-refractivity contribution is 5.76. The third kappa shape index (κ3) is 3.97. The number of nitrogens with zero attached hydrogens (tertiary/aromatic N) is 1. The molecule has 0 spiro atoms. The van der Waals surface area contributed by atoms with Crippen molar-refractivity contribution in [2.24, 2.45) is 11.7 Å². The van der Waals surface area contributed by atoms with Crippen LogP contribution in [0.2, 0.25) is 0 Å². The monoisotopic (exact) mass is 276 g/mol. The lowest BCUT2D eigenvalue weighted by Gasteiger charge is -2.16. The van der Waals surface area contributed by atoms with Gasteiger partial charge in [-0.2, -0.15) is 0 Å². The molecule has 2 N–H and O–H groups in total. The van der Waals surface area contributed by atoms with Crippen molar-refractivity contribution in [1.82, 2.24) is 4.90 Å². The predicted octanol–water partition coefficient (Wildman–Crippen LogP) is 1.83. The average molecular weight is 276 g/mol. The lowest BCUT2D eigenvalue weighted by atomic mass is 10.1. The minimum Gasteiger partial charge on any atom is -0.497 e. The molecule has 0 radical (unpaired) electrons. The summed E-state index contributed by atoms with van der Waals surface area (Å²) in [6.07, 6.45) is 3.52. The second-order valence-corrected chi connectivity index (χ2v) is 5.43. The van der Waals surface area contributed by atoms with E-state index >= 15 is 0 Å². The fraction of sp³-hybridized carbons (Fsp3) is 0.562. The highest BCUT2D eigenvalue weighted by Gasteiger charge is 2.24. The van der Waals surface area contributed by atoms with E-state index < -0.39 is 0 Å². The van der Waals surface area contributed by atoms with Crippen LogP contribution in [-0.2, 0) is 11.2 Å². The fourth-order valence-corrected chi connectivity index (χ4v) is 2.65. The molecule has 1 aliphatic heterocycles. The molecule has 1 aliphatic rings. The van der Waals surface area contributed by atoms with Crippen LogP contribution in [0.5, 0.6) is 5.75 Å². The largest absolute Gasteiger partial charge is 0.497 e. The van der Waals surface area contributed by atoms with Gasteiger partial charge in [-0.1, -0.05) is 12.1 Å². The van der Waals surface area contributed by atoms with Crippen molar-refractivity contribution >= 4 is 5.91 Å². The first-order chi connectivity index (χ1) is 9.72. The van der Waals surface area contributed by atoms with Gasteiger partial charge in [0.1, 0.15) is 5.75 Å². The number of nitrogens with two attached hydrogens (primary N) is 1. The van der Waals surface area contributed by atoms with Crippen molar-refractivity contribution in [2.45, 2.75) is 25.7 Å². The summed E-state index contributed by atoms with van der Waals surface area (Å²) in [4.78, 5) is 14.0. The zero-order valence-corrected chi connectivity index (χ0v) is 12.2. The van der Waals surface area contributed by atoms with Crippen LogP contribution in [0.3, 0.4) is 0 Å². The van der Waals surface area contributed by atoms with Gasteiger partial charge < -0.3 is 15.4 Å². The Morgan fingerprint density at radius 2 is 2.15 bits per heavy atom. The summed E-state index contributed by atoms with van der Waals surface area (Å²) < 4.78 is 5.13. The summed E-state index contributed by atoms with van der Waals surface area (Å²) >= 11 is 0. The van der Waals surface area contributed by atoms with Crippen molar-refractivity contribution in [3.63, 3.8) is 0 Å². The van der Waals surface area contributed by atoms with Gasteiger partial charge in [0.15, 0.2) is 0 Å². The first kappa shape index (κ1) is 14.9. The Morgan fingerprint density at radius 1 is 1.40 bits per heavy atom. The molecule has 1 aromatic rings. The number of hydrogen-bond acceptors (Lipinski definition) is 3. The quantitative estimate of drug-likeness (QED) is 0.862. The molecule has 1 amide bonds. The summed E-state index contributed by atoms with van der Waals surface area (Å²) in [5.74, 6) is 1.64. The standard InChI is InChI=1S/C16H24N2O2/c1-20-15-7-5-13(6-8-15)3-2-4-16(19)18-10-9-14(11-17)12-18/h5-8,14H,2-4,9-12,17H2,1H3. The first-order valence-corrected chi connectivity index (χ1v) is 7.33. The summed E-state index contributed by atoms with van der Waals surface area (Å²) in [6, 6.07) is 8.04. The van der Waals surface area contributed by atoms with Gasteiger partial charge in [0.2, 0.25) is 5.91 Å². The van der Waals surface area contributed by atoms with Gasteiger partial charge in [-0.15, -0.1) is 0 Å². The maximum atomic E-state index is 12.1. The number of amides is 1. The van der Waals surface area contributed by atoms with E-state index in [2.05, 4.69) is 12.1 Å². The van der Waals surface area contributed by atoms with Crippen LogP contribution in [0.25, 0.3) is 0 Å². The number of ether oxygens (including phenoxy) is 1. The molecule has 1 heterocycles. The maximum absolute atomic E-state index is 12.1. The van der Waals surface area contributed by atoms with Gasteiger partial charge in [0.05, 0.1) is 7.11 Å². The van der Waals surface area contributed by atoms with Gasteiger partial charge in [-0.3, -0.25) is 4.79 Å². The number of carbonyl (C=O) groups excluding carboxylic acids is 1. The third-order valence-corrected chi connectivity index (χ3v) is 3.99. The SMILES string of the molecule is COc1ccc(CCCC(=O)N2CCC(CN)C2)cc1. The molecule has 0 bridgehead atoms. The summed E-state index contributed by atoms with van der Waals surface area (Å²) in [6.45, 7) is 2.41. The van der Waals surface area contributed by atoms with Crippen LogP contribution in [0.1, 0.15) is 24.8 Å². The number of carbonyl (C=O) groups is 1. The molecule has 0 aliphatic carbocycles. The maximum Gasteiger partial charge on any atom is 0.222 e. The number of rotatable bonds is 6. The van der Waals surface area contributed by atoms with Crippen LogP contribution in [0, 0.1) is 5.92 Å². The lowest BCUT2D eigenvalue weighted by Crippen LogP contribution is -2.29. The number of benzene rings is 1. The number of likely N-dealkylation sites (tertiary alicyclic amines) is 1. The topological polar surface area (TPSA) is 55.6 Å². The van der Waals surface area contributed by atoms with Crippen LogP contribution >= 0.6 is 0 Å². The van der Waals surface area contributed by atoms with Crippen LogP contribution in [0.4, 0.5) is 0 Å². The Hall–Kier alpha value is -1.55. The third-order valence-electron chi connectivity index (χ3n) is 3.99. The molecule has 0 aromatic heterocycles. The number of hydrogen-bond donors (Lipinski definition) is 1. The van der Waals surface area contributed by atoms with E-state index in [0.717, 1.165) is 38.1 Å². The number of methoxy groups -OCH3 is 1. The molecule has 1 saturated heterocycles. The zero-order valence-electron chi connectivity index (χ0n) is 12.2. The zero-order chi connectivity index (χ0) is 14.4. The molecule has 2 rings (SSSR count). The van der Waals surface area contributed by atoms with Crippen LogP contribution in [-0.4, -0.2) is 37.6 Å². The lowest BCUT2D eigenvalue weighted by molar-refractivity contribution is -0.130. The Kier molecular flexibility index (Phi) is 5.41. The fourth-order valence-electron chi connectivity index (χ4n) is 2.65. The second kappa shape index (κ2) is 7.29. The summed E-state index contributed by atoms with van der Waals surface area (Å²) in [7, 11) is 1.67. The van der Waals surface area contributed by atoms with Gasteiger partial charge in [-0.25, -0.2) is 0 Å². The van der Waals surface area contributed by atoms with Crippen molar-refractivity contribution in [3.8, 4) is 5.75 Å². The molecular formula is C16H24N2O2. The molecule has 1 atom stereocenters. The second-order valence-electron chi connectivity index (χ2n) is 5.43. The van der Waals surface area contributed by atoms with E-state index in [1.54, 1.807) is 7.11 Å². The van der Waals surface area contributed by atoms with E-state index in [9.17, 15) is 4.79 Å². The van der Waals surface area contributed by atoms with Crippen molar-refractivity contribution in [1.29, 1.82) is 0 Å². The first-order valence-electron chi connectivity index (χ1n) is 7.33. The highest BCUT2D eigenvalue weighted by Crippen LogP contribution is 2.17. The Morgan fingerprint density at radius 3 is 2.75 bits per heavy atom. The smallest absolute Gasteiger partial charge is 0.222 e. The number of aryl methyl sites for hydroxylation is 1. The van der Waals surface area contributed by atoms with Gasteiger partial charge in [-0.05, 0) is 49.4 Å². The molecule has 110 valence electrons. The minimum atomic E-state index is 0.273. The highest BCUT2D eigenvalue weighted by atomic mass is 16.5. The molecule has 4 heteroatoms. The van der Waals surface area contributed by atoms with E-state index in [1.165, 1.54) is 5.56 Å². The summed E-state index contributed by atoms with van der Waals surface area (Å²) in [5, 5.41) is 0. The van der Waals surface area contributed by atoms with E-state index in [0.29, 0.717) is 18.9 Å². The van der Waals surface area contributed by atoms with Crippen LogP contribution < -0.4 is 10.5 Å². The molecule has 0 saturated carbocycles. The molecule has 4 nitrogen and oxygen atoms in total. The van der Waals surface area contributed by atoms with E-state index in [1.807, 2.05) is 17.0 Å². The van der Waals surface area contributed by atoms with Crippen molar-refractivity contribution in [3.05, 3.63) is 29.8 Å². The minimum absolute atomic E-state index is 0.273. The van der Waals surface area contributed by atoms with E-state index in [4.69, 9.17) is 10.5 Å². The molecule has 1 unspecified atom stereocenters. The van der Waals surface area contributed by atoms with Crippen LogP contribution in [0.15, 0.2) is 24.3 Å². The Bertz CT molecular complexity index is 431. The van der Waals surface area contributed by atoms with Crippen molar-refractivity contribution in [2.75, 3.05) is 26.7 Å². The molecule has 1 fully saturated rings. The van der Waals surface area contributed by atoms with E-state index in [-0.39, 0.29) is 5.91 Å². The summed E-state index contributed by atoms with van der Waals surface area (Å²) in [5.41, 5.74) is 6.90. The van der Waals surface area contributed by atoms with Gasteiger partial charge in [0.25, 0.3) is 0 Å². The predicted molar refractivity (Wildman–Crippen MR) is 79.7 cm³/mol. The van der Waals surface area contributed by atoms with Crippen molar-refractivity contribution < 1.29 is 9.53 Å².